The number of nitrogens with zero attached hydrogens (tertiary/aromatic N) is 1. The molecule has 11 rings (SSSR count). The highest BCUT2D eigenvalue weighted by atomic mass is 15.1. The van der Waals surface area contributed by atoms with Crippen LogP contribution in [0.25, 0.3) is 82.5 Å². The Labute approximate surface area is 333 Å². The van der Waals surface area contributed by atoms with Gasteiger partial charge in [-0.3, -0.25) is 0 Å². The lowest BCUT2D eigenvalue weighted by Crippen LogP contribution is -2.19. The van der Waals surface area contributed by atoms with Crippen molar-refractivity contribution < 1.29 is 0 Å². The average Bonchev–Trinajstić information content (AvgIpc) is 3.28. The lowest BCUT2D eigenvalue weighted by atomic mass is 9.84. The number of hydrogen-bond donors (Lipinski definition) is 0. The lowest BCUT2D eigenvalue weighted by molar-refractivity contribution is 0.901. The van der Waals surface area contributed by atoms with Crippen LogP contribution in [-0.2, 0) is 6.42 Å². The van der Waals surface area contributed by atoms with E-state index in [1.165, 1.54) is 105 Å². The Morgan fingerprint density at radius 3 is 1.39 bits per heavy atom. The van der Waals surface area contributed by atoms with Crippen molar-refractivity contribution in [2.24, 2.45) is 0 Å². The van der Waals surface area contributed by atoms with Gasteiger partial charge in [-0.25, -0.2) is 0 Å². The minimum atomic E-state index is 0.928. The average molecular weight is 726 g/mol. The van der Waals surface area contributed by atoms with Crippen LogP contribution in [-0.4, -0.2) is 0 Å². The minimum Gasteiger partial charge on any atom is -0.314 e. The van der Waals surface area contributed by atoms with E-state index in [9.17, 15) is 0 Å². The molecule has 1 aliphatic carbocycles. The maximum atomic E-state index is 2.49. The fraction of sp³-hybridized carbons (Fsp3) is 0.0357. The second-order valence-electron chi connectivity index (χ2n) is 15.3. The summed E-state index contributed by atoms with van der Waals surface area (Å²) in [5, 5.41) is 10.1. The van der Waals surface area contributed by atoms with Gasteiger partial charge in [-0.05, 0) is 155 Å². The Kier molecular flexibility index (Phi) is 8.03. The predicted octanol–water partition coefficient (Wildman–Crippen LogP) is 15.4. The van der Waals surface area contributed by atoms with Crippen molar-refractivity contribution >= 4 is 60.5 Å². The van der Waals surface area contributed by atoms with E-state index in [1.54, 1.807) is 0 Å². The van der Waals surface area contributed by atoms with E-state index in [2.05, 4.69) is 217 Å². The highest BCUT2D eigenvalue weighted by Crippen LogP contribution is 2.44. The first-order valence-corrected chi connectivity index (χ1v) is 20.0. The van der Waals surface area contributed by atoms with Gasteiger partial charge in [-0.1, -0.05) is 158 Å². The van der Waals surface area contributed by atoms with Gasteiger partial charge in [0.1, 0.15) is 0 Å². The molecule has 1 heteroatoms. The largest absolute Gasteiger partial charge is 0.314 e. The zero-order valence-corrected chi connectivity index (χ0v) is 31.6. The van der Waals surface area contributed by atoms with E-state index >= 15 is 0 Å². The van der Waals surface area contributed by atoms with Gasteiger partial charge < -0.3 is 4.90 Å². The lowest BCUT2D eigenvalue weighted by Gasteiger charge is -2.32. The van der Waals surface area contributed by atoms with Crippen LogP contribution in [0.15, 0.2) is 212 Å². The second-order valence-corrected chi connectivity index (χ2v) is 15.3. The fourth-order valence-electron chi connectivity index (χ4n) is 9.07. The van der Waals surface area contributed by atoms with Crippen molar-refractivity contribution in [2.45, 2.75) is 12.8 Å². The van der Waals surface area contributed by atoms with Gasteiger partial charge in [0.2, 0.25) is 0 Å². The number of anilines is 2. The molecule has 0 spiro atoms. The summed E-state index contributed by atoms with van der Waals surface area (Å²) in [5.74, 6) is 0. The molecule has 0 heterocycles. The van der Waals surface area contributed by atoms with Crippen LogP contribution in [0.3, 0.4) is 0 Å². The van der Waals surface area contributed by atoms with Gasteiger partial charge in [0, 0.05) is 17.1 Å². The summed E-state index contributed by atoms with van der Waals surface area (Å²) in [6, 6.07) is 75.9. The summed E-state index contributed by atoms with van der Waals surface area (Å²) in [7, 11) is 0. The molecular weight excluding hydrogens is 687 g/mol. The van der Waals surface area contributed by atoms with E-state index < -0.39 is 0 Å². The summed E-state index contributed by atoms with van der Waals surface area (Å²) in [6.07, 6.45) is 4.34. The van der Waals surface area contributed by atoms with Crippen molar-refractivity contribution in [3.63, 3.8) is 0 Å². The number of hydrogen-bond acceptors (Lipinski definition) is 1. The molecule has 0 N–H and O–H groups in total. The topological polar surface area (TPSA) is 3.24 Å². The van der Waals surface area contributed by atoms with Gasteiger partial charge >= 0.3 is 0 Å². The first kappa shape index (κ1) is 33.1. The fourth-order valence-corrected chi connectivity index (χ4v) is 9.07. The molecule has 0 fully saturated rings. The molecule has 268 valence electrons. The summed E-state index contributed by atoms with van der Waals surface area (Å²) in [5.41, 5.74) is 13.8. The molecule has 0 aromatic heterocycles. The van der Waals surface area contributed by atoms with Crippen LogP contribution in [0.5, 0.6) is 0 Å². The Balaban J connectivity index is 1.11. The molecule has 0 bridgehead atoms. The molecule has 0 saturated heterocycles. The molecule has 1 nitrogen and oxygen atoms in total. The normalized spacial score (nSPS) is 12.5. The van der Waals surface area contributed by atoms with Crippen LogP contribution in [0, 0.1) is 0 Å². The molecule has 0 saturated carbocycles. The summed E-state index contributed by atoms with van der Waals surface area (Å²) in [6.45, 7) is 0. The molecular formula is C56H39N. The Morgan fingerprint density at radius 1 is 0.316 bits per heavy atom. The molecule has 0 aliphatic heterocycles. The van der Waals surface area contributed by atoms with Gasteiger partial charge in [0.25, 0.3) is 0 Å². The third kappa shape index (κ3) is 5.96. The quantitative estimate of drug-likeness (QED) is 0.165. The van der Waals surface area contributed by atoms with E-state index in [-0.39, 0.29) is 0 Å². The standard InChI is InChI=1S/C56H39N/c1-3-15-40(16-4-1)53-34-44-21-11-12-22-45(44)35-55(53)46-25-29-52-51-30-28-50(33-47(51)37-54(56(52)36-46)41-17-5-2-6-18-41)57(48-26-23-38-13-7-9-19-42(38)31-48)49-27-24-39-14-8-10-20-43(39)32-49/h1-27,29,31-37H,28,30H2. The third-order valence-corrected chi connectivity index (χ3v) is 11.9. The predicted molar refractivity (Wildman–Crippen MR) is 244 cm³/mol. The Morgan fingerprint density at radius 2 is 0.807 bits per heavy atom. The number of fused-ring (bicyclic) bond motifs is 6. The van der Waals surface area contributed by atoms with Gasteiger partial charge in [-0.15, -0.1) is 0 Å². The van der Waals surface area contributed by atoms with E-state index in [0.717, 1.165) is 12.8 Å². The zero-order valence-electron chi connectivity index (χ0n) is 31.6. The molecule has 0 atom stereocenters. The van der Waals surface area contributed by atoms with Gasteiger partial charge in [0.05, 0.1) is 0 Å². The zero-order chi connectivity index (χ0) is 37.7. The van der Waals surface area contributed by atoms with Gasteiger partial charge in [-0.2, -0.15) is 0 Å². The Bertz CT molecular complexity index is 3100. The van der Waals surface area contributed by atoms with E-state index in [0.29, 0.717) is 0 Å². The van der Waals surface area contributed by atoms with Crippen molar-refractivity contribution in [1.29, 1.82) is 0 Å². The van der Waals surface area contributed by atoms with Crippen molar-refractivity contribution in [3.05, 3.63) is 223 Å². The number of benzene rings is 10. The molecule has 0 radical (unpaired) electrons. The van der Waals surface area contributed by atoms with Crippen LogP contribution < -0.4 is 4.90 Å². The van der Waals surface area contributed by atoms with E-state index in [4.69, 9.17) is 0 Å². The van der Waals surface area contributed by atoms with Gasteiger partial charge in [0.15, 0.2) is 0 Å². The Hall–Kier alpha value is -7.22. The van der Waals surface area contributed by atoms with Crippen molar-refractivity contribution in [1.82, 2.24) is 0 Å². The first-order chi connectivity index (χ1) is 28.2. The van der Waals surface area contributed by atoms with Crippen LogP contribution in [0.4, 0.5) is 11.4 Å². The van der Waals surface area contributed by atoms with Crippen LogP contribution >= 0.6 is 0 Å². The highest BCUT2D eigenvalue weighted by molar-refractivity contribution is 6.05. The van der Waals surface area contributed by atoms with Crippen LogP contribution in [0.2, 0.25) is 0 Å². The molecule has 0 amide bonds. The molecule has 57 heavy (non-hydrogen) atoms. The minimum absolute atomic E-state index is 0.928. The maximum Gasteiger partial charge on any atom is 0.0464 e. The number of aryl methyl sites for hydroxylation is 1. The molecule has 1 aliphatic rings. The molecule has 10 aromatic rings. The third-order valence-electron chi connectivity index (χ3n) is 11.9. The molecule has 0 unspecified atom stereocenters. The van der Waals surface area contributed by atoms with Crippen LogP contribution in [0.1, 0.15) is 17.5 Å². The smallest absolute Gasteiger partial charge is 0.0464 e. The number of allylic oxidation sites excluding steroid dienone is 1. The molecule has 10 aromatic carbocycles. The number of rotatable bonds is 6. The highest BCUT2D eigenvalue weighted by Gasteiger charge is 2.23. The maximum absolute atomic E-state index is 2.49. The van der Waals surface area contributed by atoms with E-state index in [1.807, 2.05) is 0 Å². The monoisotopic (exact) mass is 725 g/mol. The summed E-state index contributed by atoms with van der Waals surface area (Å²) < 4.78 is 0. The van der Waals surface area contributed by atoms with Crippen molar-refractivity contribution in [2.75, 3.05) is 4.90 Å². The van der Waals surface area contributed by atoms with Crippen molar-refractivity contribution in [3.8, 4) is 33.4 Å². The summed E-state index contributed by atoms with van der Waals surface area (Å²) >= 11 is 0. The first-order valence-electron chi connectivity index (χ1n) is 20.0. The second kappa shape index (κ2) is 13.8. The summed E-state index contributed by atoms with van der Waals surface area (Å²) in [4.78, 5) is 2.49. The SMILES string of the molecule is C1=C(N(c2ccc3ccccc3c2)c2ccc3ccccc3c2)CCc2c1cc(-c1ccccc1)c1cc(-c3cc4ccccc4cc3-c3ccccc3)ccc21.